The number of carbonyl (C=O) groups is 1. The van der Waals surface area contributed by atoms with E-state index < -0.39 is 27.4 Å². The van der Waals surface area contributed by atoms with Gasteiger partial charge in [0.05, 0.1) is 28.8 Å². The molecule has 0 aliphatic carbocycles. The van der Waals surface area contributed by atoms with Crippen LogP contribution in [0.1, 0.15) is 34.3 Å². The van der Waals surface area contributed by atoms with Crippen molar-refractivity contribution >= 4 is 26.8 Å². The Labute approximate surface area is 200 Å². The second-order valence-electron chi connectivity index (χ2n) is 8.56. The summed E-state index contributed by atoms with van der Waals surface area (Å²) in [5.74, 6) is -1.51. The van der Waals surface area contributed by atoms with Gasteiger partial charge in [0, 0.05) is 17.7 Å². The fraction of sp³-hybridized carbons (Fsp3) is 0.240. The number of hydrogen-bond donors (Lipinski definition) is 1. The summed E-state index contributed by atoms with van der Waals surface area (Å²) in [4.78, 5) is 22.3. The molecule has 0 radical (unpaired) electrons. The number of imidazole rings is 1. The van der Waals surface area contributed by atoms with E-state index in [-0.39, 0.29) is 35.3 Å². The number of fused-ring (bicyclic) bond motifs is 1. The van der Waals surface area contributed by atoms with E-state index >= 15 is 0 Å². The molecule has 1 fully saturated rings. The number of amides is 1. The van der Waals surface area contributed by atoms with Crippen molar-refractivity contribution in [1.29, 1.82) is 0 Å². The first kappa shape index (κ1) is 23.1. The van der Waals surface area contributed by atoms with Crippen molar-refractivity contribution in [2.45, 2.75) is 25.9 Å². The number of sulfone groups is 1. The highest BCUT2D eigenvalue weighted by molar-refractivity contribution is 7.91. The van der Waals surface area contributed by atoms with Crippen LogP contribution in [-0.2, 0) is 16.4 Å². The number of halogens is 2. The van der Waals surface area contributed by atoms with Crippen LogP contribution in [0.5, 0.6) is 0 Å². The normalized spacial score (nSPS) is 17.1. The van der Waals surface area contributed by atoms with Gasteiger partial charge in [-0.3, -0.25) is 4.79 Å². The highest BCUT2D eigenvalue weighted by atomic mass is 32.2. The number of aryl methyl sites for hydroxylation is 1. The smallest absolute Gasteiger partial charge is 0.272 e. The molecule has 1 N–H and O–H groups in total. The molecule has 1 atom stereocenters. The monoisotopic (exact) mass is 496 g/mol. The maximum Gasteiger partial charge on any atom is 0.272 e. The Morgan fingerprint density at radius 2 is 1.80 bits per heavy atom. The van der Waals surface area contributed by atoms with Crippen LogP contribution >= 0.6 is 0 Å². The average molecular weight is 497 g/mol. The Morgan fingerprint density at radius 3 is 2.46 bits per heavy atom. The molecule has 180 valence electrons. The van der Waals surface area contributed by atoms with Crippen LogP contribution in [0.3, 0.4) is 0 Å². The third kappa shape index (κ3) is 4.41. The number of carbonyl (C=O) groups excluding carboxylic acids is 1. The number of benzene rings is 2. The topological polar surface area (TPSA) is 93.9 Å². The summed E-state index contributed by atoms with van der Waals surface area (Å²) in [6, 6.07) is 14.2. The molecule has 2 aromatic heterocycles. The summed E-state index contributed by atoms with van der Waals surface area (Å²) in [7, 11) is -3.16. The molecule has 1 aliphatic heterocycles. The molecule has 0 spiro atoms. The summed E-state index contributed by atoms with van der Waals surface area (Å²) in [5, 5.41) is 2.55. The molecule has 1 amide bonds. The van der Waals surface area contributed by atoms with E-state index in [0.717, 1.165) is 17.7 Å². The highest BCUT2D eigenvalue weighted by Gasteiger charge is 2.32. The van der Waals surface area contributed by atoms with E-state index in [2.05, 4.69) is 15.3 Å². The van der Waals surface area contributed by atoms with Crippen LogP contribution in [0.15, 0.2) is 54.6 Å². The van der Waals surface area contributed by atoms with E-state index in [1.165, 1.54) is 6.07 Å². The number of nitrogens with one attached hydrogen (secondary N) is 1. The first-order valence-electron chi connectivity index (χ1n) is 11.1. The lowest BCUT2D eigenvalue weighted by molar-refractivity contribution is 0.0947. The van der Waals surface area contributed by atoms with E-state index in [1.54, 1.807) is 13.0 Å². The summed E-state index contributed by atoms with van der Waals surface area (Å²) in [6.45, 7) is 1.39. The minimum Gasteiger partial charge on any atom is -0.346 e. The first-order valence-corrected chi connectivity index (χ1v) is 12.9. The molecular weight excluding hydrogens is 474 g/mol. The van der Waals surface area contributed by atoms with Crippen molar-refractivity contribution in [1.82, 2.24) is 19.9 Å². The molecule has 5 rings (SSSR count). The molecule has 0 bridgehead atoms. The summed E-state index contributed by atoms with van der Waals surface area (Å²) in [6.07, 6.45) is 0.450. The maximum absolute atomic E-state index is 14.1. The Balaban J connectivity index is 1.61. The van der Waals surface area contributed by atoms with Crippen LogP contribution in [-0.4, -0.2) is 40.4 Å². The van der Waals surface area contributed by atoms with Crippen molar-refractivity contribution in [2.75, 3.05) is 11.5 Å². The van der Waals surface area contributed by atoms with Crippen molar-refractivity contribution < 1.29 is 22.0 Å². The molecule has 1 saturated heterocycles. The lowest BCUT2D eigenvalue weighted by Crippen LogP contribution is -2.25. The first-order chi connectivity index (χ1) is 16.7. The van der Waals surface area contributed by atoms with Gasteiger partial charge in [-0.25, -0.2) is 27.2 Å². The van der Waals surface area contributed by atoms with Gasteiger partial charge in [-0.05, 0) is 31.5 Å². The molecule has 4 aromatic rings. The minimum atomic E-state index is -3.16. The van der Waals surface area contributed by atoms with Gasteiger partial charge in [0.1, 0.15) is 23.0 Å². The molecule has 2 aromatic carbocycles. The predicted molar refractivity (Wildman–Crippen MR) is 128 cm³/mol. The number of pyridine rings is 1. The molecule has 1 aliphatic rings. The minimum absolute atomic E-state index is 0.000745. The molecule has 7 nitrogen and oxygen atoms in total. The zero-order valence-corrected chi connectivity index (χ0v) is 19.6. The van der Waals surface area contributed by atoms with Gasteiger partial charge in [-0.2, -0.15) is 0 Å². The SMILES string of the molecule is Cc1nc2c(C(=O)NCc3c(F)cccc3F)nc(-c3ccccc3)cc2n1[C@@H]1CCS(=O)(=O)C1. The van der Waals surface area contributed by atoms with Gasteiger partial charge < -0.3 is 9.88 Å². The van der Waals surface area contributed by atoms with Gasteiger partial charge >= 0.3 is 0 Å². The summed E-state index contributed by atoms with van der Waals surface area (Å²) in [5.41, 5.74) is 1.89. The largest absolute Gasteiger partial charge is 0.346 e. The Hall–Kier alpha value is -3.66. The second kappa shape index (κ2) is 8.84. The third-order valence-corrected chi connectivity index (χ3v) is 7.95. The average Bonchev–Trinajstić information content (AvgIpc) is 3.35. The second-order valence-corrected chi connectivity index (χ2v) is 10.8. The lowest BCUT2D eigenvalue weighted by atomic mass is 10.1. The quantitative estimate of drug-likeness (QED) is 0.451. The number of rotatable bonds is 5. The van der Waals surface area contributed by atoms with Gasteiger partial charge in [-0.1, -0.05) is 36.4 Å². The van der Waals surface area contributed by atoms with E-state index in [9.17, 15) is 22.0 Å². The zero-order chi connectivity index (χ0) is 24.7. The summed E-state index contributed by atoms with van der Waals surface area (Å²) < 4.78 is 54.3. The van der Waals surface area contributed by atoms with Crippen LogP contribution in [0, 0.1) is 18.6 Å². The van der Waals surface area contributed by atoms with Crippen LogP contribution in [0.25, 0.3) is 22.3 Å². The van der Waals surface area contributed by atoms with Crippen molar-refractivity contribution in [3.63, 3.8) is 0 Å². The number of aromatic nitrogens is 3. The standard InChI is InChI=1S/C25H22F2N4O3S/c1-15-29-23-22(31(15)17-10-11-35(33,34)14-17)12-21(16-6-3-2-4-7-16)30-24(23)25(32)28-13-18-19(26)8-5-9-20(18)27/h2-9,12,17H,10-11,13-14H2,1H3,(H,28,32)/t17-/m1/s1. The molecule has 0 unspecified atom stereocenters. The zero-order valence-electron chi connectivity index (χ0n) is 18.8. The molecule has 35 heavy (non-hydrogen) atoms. The van der Waals surface area contributed by atoms with Gasteiger partial charge in [-0.15, -0.1) is 0 Å². The fourth-order valence-electron chi connectivity index (χ4n) is 4.52. The molecule has 3 heterocycles. The third-order valence-electron chi connectivity index (χ3n) is 6.20. The van der Waals surface area contributed by atoms with Crippen LogP contribution in [0.4, 0.5) is 8.78 Å². The van der Waals surface area contributed by atoms with Gasteiger partial charge in [0.15, 0.2) is 15.5 Å². The molecule has 10 heteroatoms. The van der Waals surface area contributed by atoms with Crippen molar-refractivity contribution in [3.8, 4) is 11.3 Å². The van der Waals surface area contributed by atoms with E-state index in [1.807, 2.05) is 34.9 Å². The number of nitrogens with zero attached hydrogens (tertiary/aromatic N) is 3. The lowest BCUT2D eigenvalue weighted by Gasteiger charge is -2.15. The van der Waals surface area contributed by atoms with Crippen molar-refractivity contribution in [2.24, 2.45) is 0 Å². The van der Waals surface area contributed by atoms with Crippen LogP contribution in [0.2, 0.25) is 0 Å². The molecule has 0 saturated carbocycles. The summed E-state index contributed by atoms with van der Waals surface area (Å²) >= 11 is 0. The van der Waals surface area contributed by atoms with Crippen molar-refractivity contribution in [3.05, 3.63) is 83.3 Å². The fourth-order valence-corrected chi connectivity index (χ4v) is 6.22. The van der Waals surface area contributed by atoms with Crippen LogP contribution < -0.4 is 5.32 Å². The Bertz CT molecular complexity index is 1530. The van der Waals surface area contributed by atoms with Gasteiger partial charge in [0.25, 0.3) is 5.91 Å². The number of hydrogen-bond acceptors (Lipinski definition) is 5. The van der Waals surface area contributed by atoms with E-state index in [4.69, 9.17) is 0 Å². The van der Waals surface area contributed by atoms with E-state index in [0.29, 0.717) is 29.0 Å². The van der Waals surface area contributed by atoms with Gasteiger partial charge in [0.2, 0.25) is 0 Å². The molecular formula is C25H22F2N4O3S. The predicted octanol–water partition coefficient (Wildman–Crippen LogP) is 3.97. The maximum atomic E-state index is 14.1. The highest BCUT2D eigenvalue weighted by Crippen LogP contribution is 2.32. The Morgan fingerprint density at radius 1 is 1.09 bits per heavy atom. The Kier molecular flexibility index (Phi) is 5.84.